The summed E-state index contributed by atoms with van der Waals surface area (Å²) < 4.78 is 18.8. The van der Waals surface area contributed by atoms with Crippen LogP contribution in [0.5, 0.6) is 0 Å². The van der Waals surface area contributed by atoms with E-state index in [1.54, 1.807) is 24.3 Å². The molecule has 2 aromatic rings. The number of benzene rings is 1. The van der Waals surface area contributed by atoms with Crippen LogP contribution in [0.15, 0.2) is 36.5 Å². The Labute approximate surface area is 120 Å². The lowest BCUT2D eigenvalue weighted by atomic mass is 10.1. The highest BCUT2D eigenvalue weighted by molar-refractivity contribution is 5.68. The van der Waals surface area contributed by atoms with E-state index in [1.165, 1.54) is 17.2 Å². The average molecular weight is 291 g/mol. The minimum atomic E-state index is -0.499. The first-order chi connectivity index (χ1) is 10.2. The molecule has 0 atom stereocenters. The number of carbonyl (C=O) groups excluding carboxylic acids is 1. The van der Waals surface area contributed by atoms with Crippen molar-refractivity contribution < 1.29 is 18.8 Å². The summed E-state index contributed by atoms with van der Waals surface area (Å²) in [6.45, 7) is 1.96. The number of ether oxygens (including phenoxy) is 1. The summed E-state index contributed by atoms with van der Waals surface area (Å²) >= 11 is 0. The van der Waals surface area contributed by atoms with Gasteiger partial charge in [0.15, 0.2) is 0 Å². The molecule has 1 saturated heterocycles. The van der Waals surface area contributed by atoms with Crippen molar-refractivity contribution >= 4 is 6.09 Å². The monoisotopic (exact) mass is 291 g/mol. The van der Waals surface area contributed by atoms with Gasteiger partial charge in [0.2, 0.25) is 0 Å². The summed E-state index contributed by atoms with van der Waals surface area (Å²) in [6, 6.07) is 7.89. The summed E-state index contributed by atoms with van der Waals surface area (Å²) in [5.41, 5.74) is 0.765. The van der Waals surface area contributed by atoms with E-state index in [0.29, 0.717) is 37.6 Å². The van der Waals surface area contributed by atoms with Crippen LogP contribution in [0, 0.1) is 5.82 Å². The summed E-state index contributed by atoms with van der Waals surface area (Å²) in [4.78, 5) is 19.6. The highest BCUT2D eigenvalue weighted by atomic mass is 19.1. The van der Waals surface area contributed by atoms with Crippen LogP contribution in [0.1, 0.15) is 0 Å². The topological polar surface area (TPSA) is 56.6 Å². The van der Waals surface area contributed by atoms with Crippen molar-refractivity contribution in [1.82, 2.24) is 14.8 Å². The molecule has 0 saturated carbocycles. The van der Waals surface area contributed by atoms with Crippen molar-refractivity contribution in [2.24, 2.45) is 0 Å². The molecule has 1 aliphatic rings. The number of nitrogens with zero attached hydrogens (tertiary/aromatic N) is 3. The van der Waals surface area contributed by atoms with E-state index in [0.717, 1.165) is 4.85 Å². The maximum absolute atomic E-state index is 13.7. The van der Waals surface area contributed by atoms with Crippen molar-refractivity contribution in [3.63, 3.8) is 0 Å². The molecule has 21 heavy (non-hydrogen) atoms. The van der Waals surface area contributed by atoms with E-state index in [4.69, 9.17) is 9.57 Å². The fourth-order valence-electron chi connectivity index (χ4n) is 2.05. The normalized spacial score (nSPS) is 15.0. The number of carbonyl (C=O) groups is 1. The Morgan fingerprint density at radius 2 is 2.00 bits per heavy atom. The van der Waals surface area contributed by atoms with Gasteiger partial charge in [-0.25, -0.2) is 9.18 Å². The number of aromatic nitrogens is 2. The smallest absolute Gasteiger partial charge is 0.378 e. The van der Waals surface area contributed by atoms with Gasteiger partial charge in [-0.2, -0.15) is 0 Å². The lowest BCUT2D eigenvalue weighted by molar-refractivity contribution is 0.0198. The van der Waals surface area contributed by atoms with Gasteiger partial charge >= 0.3 is 6.09 Å². The Kier molecular flexibility index (Phi) is 3.83. The third-order valence-corrected chi connectivity index (χ3v) is 3.16. The fourth-order valence-corrected chi connectivity index (χ4v) is 2.05. The largest absolute Gasteiger partial charge is 0.436 e. The molecular formula is C14H14FN3O3. The molecule has 1 aromatic heterocycles. The molecule has 1 amide bonds. The van der Waals surface area contributed by atoms with E-state index >= 15 is 0 Å². The average Bonchev–Trinajstić information content (AvgIpc) is 2.97. The van der Waals surface area contributed by atoms with Crippen LogP contribution in [0.25, 0.3) is 11.3 Å². The van der Waals surface area contributed by atoms with Gasteiger partial charge in [0, 0.05) is 18.7 Å². The molecule has 3 rings (SSSR count). The summed E-state index contributed by atoms with van der Waals surface area (Å²) in [5, 5.41) is 4.05. The zero-order valence-electron chi connectivity index (χ0n) is 11.2. The molecule has 7 heteroatoms. The van der Waals surface area contributed by atoms with E-state index in [-0.39, 0.29) is 5.82 Å². The summed E-state index contributed by atoms with van der Waals surface area (Å²) in [5.74, 6) is -0.373. The van der Waals surface area contributed by atoms with E-state index in [2.05, 4.69) is 5.10 Å². The molecule has 0 N–H and O–H groups in total. The molecule has 0 spiro atoms. The van der Waals surface area contributed by atoms with E-state index < -0.39 is 6.09 Å². The van der Waals surface area contributed by atoms with Gasteiger partial charge in [-0.05, 0) is 18.2 Å². The van der Waals surface area contributed by atoms with Crippen LogP contribution in [-0.4, -0.2) is 47.2 Å². The number of morpholine rings is 1. The van der Waals surface area contributed by atoms with Gasteiger partial charge in [-0.1, -0.05) is 17.0 Å². The molecule has 0 radical (unpaired) electrons. The predicted molar refractivity (Wildman–Crippen MR) is 72.0 cm³/mol. The molecule has 1 aromatic carbocycles. The van der Waals surface area contributed by atoms with Crippen LogP contribution < -0.4 is 4.84 Å². The molecule has 0 aliphatic carbocycles. The van der Waals surface area contributed by atoms with Gasteiger partial charge in [0.05, 0.1) is 25.1 Å². The van der Waals surface area contributed by atoms with Crippen LogP contribution >= 0.6 is 0 Å². The number of hydrogen-bond donors (Lipinski definition) is 0. The lowest BCUT2D eigenvalue weighted by Crippen LogP contribution is -2.44. The van der Waals surface area contributed by atoms with Crippen LogP contribution in [0.2, 0.25) is 0 Å². The second-order valence-electron chi connectivity index (χ2n) is 4.54. The van der Waals surface area contributed by atoms with Crippen molar-refractivity contribution in [3.8, 4) is 11.3 Å². The zero-order valence-corrected chi connectivity index (χ0v) is 11.2. The Morgan fingerprint density at radius 3 is 2.76 bits per heavy atom. The molecule has 1 aliphatic heterocycles. The van der Waals surface area contributed by atoms with Gasteiger partial charge in [0.1, 0.15) is 5.82 Å². The maximum atomic E-state index is 13.7. The van der Waals surface area contributed by atoms with Gasteiger partial charge in [-0.3, -0.25) is 4.84 Å². The molecule has 1 fully saturated rings. The Morgan fingerprint density at radius 1 is 1.24 bits per heavy atom. The van der Waals surface area contributed by atoms with Gasteiger partial charge in [-0.15, -0.1) is 5.10 Å². The third-order valence-electron chi connectivity index (χ3n) is 3.16. The molecule has 110 valence electrons. The Bertz CT molecular complexity index is 638. The quantitative estimate of drug-likeness (QED) is 0.843. The van der Waals surface area contributed by atoms with Gasteiger partial charge in [0.25, 0.3) is 0 Å². The first-order valence-electron chi connectivity index (χ1n) is 6.59. The molecular weight excluding hydrogens is 277 g/mol. The van der Waals surface area contributed by atoms with Crippen LogP contribution in [0.4, 0.5) is 9.18 Å². The van der Waals surface area contributed by atoms with Crippen molar-refractivity contribution in [1.29, 1.82) is 0 Å². The van der Waals surface area contributed by atoms with E-state index in [1.807, 2.05) is 0 Å². The molecule has 6 nitrogen and oxygen atoms in total. The molecule has 0 bridgehead atoms. The highest BCUT2D eigenvalue weighted by Crippen LogP contribution is 2.19. The second kappa shape index (κ2) is 5.92. The fraction of sp³-hybridized carbons (Fsp3) is 0.286. The highest BCUT2D eigenvalue weighted by Gasteiger charge is 2.19. The number of hydrogen-bond acceptors (Lipinski definition) is 4. The molecule has 2 heterocycles. The number of rotatable bonds is 2. The first-order valence-corrected chi connectivity index (χ1v) is 6.59. The minimum Gasteiger partial charge on any atom is -0.378 e. The zero-order chi connectivity index (χ0) is 14.7. The first kappa shape index (κ1) is 13.6. The predicted octanol–water partition coefficient (Wildman–Crippen LogP) is 1.57. The SMILES string of the molecule is O=C(On1ccc(-c2ccccc2F)n1)N1CCOCC1. The number of amides is 1. The van der Waals surface area contributed by atoms with Gasteiger partial charge < -0.3 is 9.64 Å². The third kappa shape index (κ3) is 3.03. The number of halogens is 1. The van der Waals surface area contributed by atoms with Crippen molar-refractivity contribution in [2.45, 2.75) is 0 Å². The lowest BCUT2D eigenvalue weighted by Gasteiger charge is -2.25. The second-order valence-corrected chi connectivity index (χ2v) is 4.54. The Hall–Kier alpha value is -2.41. The minimum absolute atomic E-state index is 0.360. The summed E-state index contributed by atoms with van der Waals surface area (Å²) in [6.07, 6.45) is 0.974. The van der Waals surface area contributed by atoms with E-state index in [9.17, 15) is 9.18 Å². The standard InChI is InChI=1S/C14H14FN3O3/c15-12-4-2-1-3-11(12)13-5-6-18(16-13)21-14(19)17-7-9-20-10-8-17/h1-6H,7-10H2. The summed E-state index contributed by atoms with van der Waals surface area (Å²) in [7, 11) is 0. The Balaban J connectivity index is 1.70. The molecule has 0 unspecified atom stereocenters. The van der Waals surface area contributed by atoms with Crippen molar-refractivity contribution in [3.05, 3.63) is 42.3 Å². The van der Waals surface area contributed by atoms with Crippen molar-refractivity contribution in [2.75, 3.05) is 26.3 Å². The van der Waals surface area contributed by atoms with Crippen LogP contribution in [0.3, 0.4) is 0 Å². The maximum Gasteiger partial charge on any atom is 0.436 e. The van der Waals surface area contributed by atoms with Crippen LogP contribution in [-0.2, 0) is 4.74 Å².